The molecule has 2 aromatic carbocycles. The van der Waals surface area contributed by atoms with Crippen molar-refractivity contribution in [1.29, 1.82) is 0 Å². The van der Waals surface area contributed by atoms with Crippen molar-refractivity contribution in [2.45, 2.75) is 20.3 Å². The van der Waals surface area contributed by atoms with E-state index in [1.54, 1.807) is 0 Å². The summed E-state index contributed by atoms with van der Waals surface area (Å²) in [6, 6.07) is 17.8. The molecule has 2 N–H and O–H groups in total. The first-order chi connectivity index (χ1) is 13.1. The number of benzene rings is 2. The van der Waals surface area contributed by atoms with Gasteiger partial charge in [0.15, 0.2) is 10.9 Å². The maximum absolute atomic E-state index is 6.38. The van der Waals surface area contributed by atoms with Gasteiger partial charge in [0.05, 0.1) is 11.6 Å². The van der Waals surface area contributed by atoms with Crippen LogP contribution < -0.4 is 15.8 Å². The SMILES string of the molecule is CCNC(=S)NN=C1C(Cc2ccccc2Cl)C(C)=NN1c1ccccc1. The lowest BCUT2D eigenvalue weighted by Crippen LogP contribution is -2.36. The van der Waals surface area contributed by atoms with Crippen LogP contribution in [0.1, 0.15) is 19.4 Å². The number of hydrogen-bond donors (Lipinski definition) is 2. The fraction of sp³-hybridized carbons (Fsp3) is 0.250. The molecular formula is C20H22ClN5S. The van der Waals surface area contributed by atoms with E-state index in [4.69, 9.17) is 28.9 Å². The molecule has 0 radical (unpaired) electrons. The topological polar surface area (TPSA) is 52.0 Å². The summed E-state index contributed by atoms with van der Waals surface area (Å²) in [5.41, 5.74) is 5.93. The van der Waals surface area contributed by atoms with Gasteiger partial charge in [0, 0.05) is 17.3 Å². The molecule has 0 bridgehead atoms. The molecule has 27 heavy (non-hydrogen) atoms. The minimum Gasteiger partial charge on any atom is -0.362 e. The highest BCUT2D eigenvalue weighted by molar-refractivity contribution is 7.80. The molecule has 1 aliphatic rings. The van der Waals surface area contributed by atoms with Gasteiger partial charge >= 0.3 is 0 Å². The van der Waals surface area contributed by atoms with Crippen LogP contribution >= 0.6 is 23.8 Å². The van der Waals surface area contributed by atoms with Gasteiger partial charge in [-0.1, -0.05) is 48.0 Å². The van der Waals surface area contributed by atoms with Crippen molar-refractivity contribution in [3.63, 3.8) is 0 Å². The van der Waals surface area contributed by atoms with Crippen LogP contribution in [0.25, 0.3) is 0 Å². The predicted octanol–water partition coefficient (Wildman–Crippen LogP) is 4.19. The number of nitrogens with one attached hydrogen (secondary N) is 2. The summed E-state index contributed by atoms with van der Waals surface area (Å²) in [6.07, 6.45) is 0.715. The van der Waals surface area contributed by atoms with Gasteiger partial charge in [-0.15, -0.1) is 0 Å². The molecule has 0 amide bonds. The van der Waals surface area contributed by atoms with E-state index in [-0.39, 0.29) is 5.92 Å². The van der Waals surface area contributed by atoms with Crippen LogP contribution in [-0.2, 0) is 6.42 Å². The summed E-state index contributed by atoms with van der Waals surface area (Å²) >= 11 is 11.6. The number of nitrogens with zero attached hydrogens (tertiary/aromatic N) is 3. The molecule has 7 heteroatoms. The zero-order chi connectivity index (χ0) is 19.2. The Morgan fingerprint density at radius 3 is 2.59 bits per heavy atom. The summed E-state index contributed by atoms with van der Waals surface area (Å²) in [4.78, 5) is 0. The molecule has 1 aliphatic heterocycles. The highest BCUT2D eigenvalue weighted by Crippen LogP contribution is 2.28. The van der Waals surface area contributed by atoms with Crippen molar-refractivity contribution < 1.29 is 0 Å². The molecule has 1 unspecified atom stereocenters. The third-order valence-electron chi connectivity index (χ3n) is 4.28. The number of halogens is 1. The van der Waals surface area contributed by atoms with E-state index in [0.29, 0.717) is 11.5 Å². The van der Waals surface area contributed by atoms with E-state index in [9.17, 15) is 0 Å². The number of thiocarbonyl (C=S) groups is 1. The Labute approximate surface area is 170 Å². The second-order valence-electron chi connectivity index (χ2n) is 6.18. The first kappa shape index (κ1) is 19.3. The number of anilines is 1. The quantitative estimate of drug-likeness (QED) is 0.584. The van der Waals surface area contributed by atoms with Crippen molar-refractivity contribution in [2.75, 3.05) is 11.6 Å². The van der Waals surface area contributed by atoms with Crippen LogP contribution in [0.15, 0.2) is 64.8 Å². The van der Waals surface area contributed by atoms with Gasteiger partial charge in [-0.25, -0.2) is 5.01 Å². The van der Waals surface area contributed by atoms with Crippen molar-refractivity contribution in [2.24, 2.45) is 16.1 Å². The molecule has 5 nitrogen and oxygen atoms in total. The number of para-hydroxylation sites is 1. The molecule has 3 rings (SSSR count). The zero-order valence-electron chi connectivity index (χ0n) is 15.3. The maximum Gasteiger partial charge on any atom is 0.187 e. The maximum atomic E-state index is 6.38. The molecule has 0 fully saturated rings. The van der Waals surface area contributed by atoms with Crippen molar-refractivity contribution in [3.8, 4) is 0 Å². The monoisotopic (exact) mass is 399 g/mol. The van der Waals surface area contributed by atoms with E-state index < -0.39 is 0 Å². The van der Waals surface area contributed by atoms with E-state index in [0.717, 1.165) is 34.4 Å². The lowest BCUT2D eigenvalue weighted by Gasteiger charge is -2.19. The van der Waals surface area contributed by atoms with E-state index >= 15 is 0 Å². The normalized spacial score (nSPS) is 17.7. The lowest BCUT2D eigenvalue weighted by molar-refractivity contribution is 0.853. The minimum absolute atomic E-state index is 0.00188. The van der Waals surface area contributed by atoms with Crippen LogP contribution in [0, 0.1) is 5.92 Å². The molecular weight excluding hydrogens is 378 g/mol. The Morgan fingerprint density at radius 2 is 1.89 bits per heavy atom. The van der Waals surface area contributed by atoms with E-state index in [1.165, 1.54) is 0 Å². The van der Waals surface area contributed by atoms with Gasteiger partial charge in [-0.3, -0.25) is 5.43 Å². The average Bonchev–Trinajstić information content (AvgIpc) is 2.98. The van der Waals surface area contributed by atoms with Crippen LogP contribution in [-0.4, -0.2) is 23.2 Å². The molecule has 0 saturated heterocycles. The molecule has 1 heterocycles. The van der Waals surface area contributed by atoms with Gasteiger partial charge in [-0.2, -0.15) is 10.2 Å². The highest BCUT2D eigenvalue weighted by Gasteiger charge is 2.33. The third kappa shape index (κ3) is 4.64. The van der Waals surface area contributed by atoms with Crippen molar-refractivity contribution in [1.82, 2.24) is 10.7 Å². The number of rotatable bonds is 5. The molecule has 0 aromatic heterocycles. The van der Waals surface area contributed by atoms with Crippen LogP contribution in [0.4, 0.5) is 5.69 Å². The second kappa shape index (κ2) is 8.97. The summed E-state index contributed by atoms with van der Waals surface area (Å²) in [7, 11) is 0. The Morgan fingerprint density at radius 1 is 1.19 bits per heavy atom. The van der Waals surface area contributed by atoms with Crippen molar-refractivity contribution >= 4 is 46.2 Å². The van der Waals surface area contributed by atoms with Crippen LogP contribution in [0.5, 0.6) is 0 Å². The van der Waals surface area contributed by atoms with Gasteiger partial charge in [-0.05, 0) is 56.2 Å². The van der Waals surface area contributed by atoms with Gasteiger partial charge in [0.1, 0.15) is 0 Å². The second-order valence-corrected chi connectivity index (χ2v) is 6.99. The predicted molar refractivity (Wildman–Crippen MR) is 118 cm³/mol. The fourth-order valence-corrected chi connectivity index (χ4v) is 3.33. The van der Waals surface area contributed by atoms with Gasteiger partial charge in [0.25, 0.3) is 0 Å². The zero-order valence-corrected chi connectivity index (χ0v) is 16.9. The molecule has 0 saturated carbocycles. The molecule has 2 aromatic rings. The molecule has 0 aliphatic carbocycles. The summed E-state index contributed by atoms with van der Waals surface area (Å²) in [6.45, 7) is 4.74. The molecule has 1 atom stereocenters. The largest absolute Gasteiger partial charge is 0.362 e. The lowest BCUT2D eigenvalue weighted by atomic mass is 9.95. The Kier molecular flexibility index (Phi) is 6.42. The standard InChI is InChI=1S/C20H22ClN5S/c1-3-22-20(27)24-23-19-17(13-15-9-7-8-12-18(15)21)14(2)25-26(19)16-10-5-4-6-11-16/h4-12,17H,3,13H2,1-2H3,(H2,22,24,27). The minimum atomic E-state index is 0.00188. The number of hydrogen-bond acceptors (Lipinski definition) is 3. The van der Waals surface area contributed by atoms with Crippen LogP contribution in [0.3, 0.4) is 0 Å². The van der Waals surface area contributed by atoms with Gasteiger partial charge in [0.2, 0.25) is 0 Å². The number of hydrazone groups is 2. The Bertz CT molecular complexity index is 866. The Hall–Kier alpha value is -2.44. The first-order valence-electron chi connectivity index (χ1n) is 8.85. The summed E-state index contributed by atoms with van der Waals surface area (Å²) in [5.74, 6) is 0.793. The first-order valence-corrected chi connectivity index (χ1v) is 9.64. The number of amidine groups is 1. The highest BCUT2D eigenvalue weighted by atomic mass is 35.5. The van der Waals surface area contributed by atoms with E-state index in [2.05, 4.69) is 15.8 Å². The third-order valence-corrected chi connectivity index (χ3v) is 4.89. The van der Waals surface area contributed by atoms with Crippen LogP contribution in [0.2, 0.25) is 5.02 Å². The fourth-order valence-electron chi connectivity index (χ4n) is 2.93. The Balaban J connectivity index is 1.92. The molecule has 140 valence electrons. The van der Waals surface area contributed by atoms with E-state index in [1.807, 2.05) is 73.5 Å². The molecule has 0 spiro atoms. The summed E-state index contributed by atoms with van der Waals surface area (Å²) in [5, 5.41) is 15.5. The van der Waals surface area contributed by atoms with Gasteiger partial charge < -0.3 is 5.32 Å². The average molecular weight is 400 g/mol. The van der Waals surface area contributed by atoms with Crippen molar-refractivity contribution in [3.05, 3.63) is 65.2 Å². The smallest absolute Gasteiger partial charge is 0.187 e. The summed E-state index contributed by atoms with van der Waals surface area (Å²) < 4.78 is 0.